The molecule has 1 fully saturated rings. The molecule has 0 radical (unpaired) electrons. The molecule has 1 aliphatic heterocycles. The fourth-order valence-corrected chi connectivity index (χ4v) is 3.94. The SMILES string of the molecule is COc1ccc(-n2nc(C(F)(F)F)cc2C(=O)NC2CCN(Cc3ccccc3)CC2)cc1. The molecule has 1 saturated heterocycles. The van der Waals surface area contributed by atoms with Crippen molar-refractivity contribution in [2.75, 3.05) is 20.2 Å². The van der Waals surface area contributed by atoms with Gasteiger partial charge in [-0.25, -0.2) is 4.68 Å². The molecular weight excluding hydrogens is 433 g/mol. The van der Waals surface area contributed by atoms with Gasteiger partial charge in [0.2, 0.25) is 0 Å². The maximum Gasteiger partial charge on any atom is 0.435 e. The zero-order chi connectivity index (χ0) is 23.4. The summed E-state index contributed by atoms with van der Waals surface area (Å²) in [6.45, 7) is 2.43. The van der Waals surface area contributed by atoms with E-state index in [0.717, 1.165) is 43.2 Å². The number of alkyl halides is 3. The predicted molar refractivity (Wildman–Crippen MR) is 117 cm³/mol. The molecule has 0 spiro atoms. The molecule has 6 nitrogen and oxygen atoms in total. The lowest BCUT2D eigenvalue weighted by atomic mass is 10.0. The van der Waals surface area contributed by atoms with Crippen molar-refractivity contribution < 1.29 is 22.7 Å². The Hall–Kier alpha value is -3.33. The Labute approximate surface area is 190 Å². The Morgan fingerprint density at radius 1 is 1.09 bits per heavy atom. The molecule has 0 bridgehead atoms. The number of benzene rings is 2. The molecule has 174 valence electrons. The lowest BCUT2D eigenvalue weighted by Crippen LogP contribution is -2.44. The Bertz CT molecular complexity index is 1070. The minimum absolute atomic E-state index is 0.113. The number of hydrogen-bond donors (Lipinski definition) is 1. The number of carbonyl (C=O) groups is 1. The second-order valence-corrected chi connectivity index (χ2v) is 8.03. The van der Waals surface area contributed by atoms with Gasteiger partial charge in [-0.15, -0.1) is 0 Å². The molecular formula is C24H25F3N4O2. The molecule has 9 heteroatoms. The van der Waals surface area contributed by atoms with Crippen LogP contribution < -0.4 is 10.1 Å². The number of amides is 1. The van der Waals surface area contributed by atoms with Crippen LogP contribution in [-0.2, 0) is 12.7 Å². The first-order chi connectivity index (χ1) is 15.8. The van der Waals surface area contributed by atoms with Gasteiger partial charge in [-0.05, 0) is 42.7 Å². The molecule has 1 aliphatic rings. The van der Waals surface area contributed by atoms with Gasteiger partial charge < -0.3 is 10.1 Å². The molecule has 1 amide bonds. The minimum atomic E-state index is -4.66. The van der Waals surface area contributed by atoms with Crippen molar-refractivity contribution in [2.45, 2.75) is 31.6 Å². The second-order valence-electron chi connectivity index (χ2n) is 8.03. The number of carbonyl (C=O) groups excluding carboxylic acids is 1. The first-order valence-electron chi connectivity index (χ1n) is 10.7. The average molecular weight is 458 g/mol. The van der Waals surface area contributed by atoms with Gasteiger partial charge in [-0.3, -0.25) is 9.69 Å². The van der Waals surface area contributed by atoms with E-state index in [9.17, 15) is 18.0 Å². The summed E-state index contributed by atoms with van der Waals surface area (Å²) in [5, 5.41) is 6.56. The van der Waals surface area contributed by atoms with Crippen LogP contribution in [0.15, 0.2) is 60.7 Å². The zero-order valence-corrected chi connectivity index (χ0v) is 18.2. The Kier molecular flexibility index (Phi) is 6.69. The molecule has 3 aromatic rings. The largest absolute Gasteiger partial charge is 0.497 e. The third-order valence-corrected chi connectivity index (χ3v) is 5.72. The molecule has 4 rings (SSSR count). The highest BCUT2D eigenvalue weighted by Gasteiger charge is 2.36. The molecule has 1 aromatic heterocycles. The molecule has 1 N–H and O–H groups in total. The monoisotopic (exact) mass is 458 g/mol. The number of rotatable bonds is 6. The summed E-state index contributed by atoms with van der Waals surface area (Å²) < 4.78 is 46.1. The molecule has 33 heavy (non-hydrogen) atoms. The normalized spacial score (nSPS) is 15.4. The van der Waals surface area contributed by atoms with Crippen molar-refractivity contribution in [1.82, 2.24) is 20.0 Å². The van der Waals surface area contributed by atoms with Crippen LogP contribution in [0.4, 0.5) is 13.2 Å². The highest BCUT2D eigenvalue weighted by molar-refractivity contribution is 5.93. The van der Waals surface area contributed by atoms with Gasteiger partial charge in [-0.2, -0.15) is 18.3 Å². The van der Waals surface area contributed by atoms with E-state index in [0.29, 0.717) is 11.4 Å². The second kappa shape index (κ2) is 9.66. The van der Waals surface area contributed by atoms with Crippen molar-refractivity contribution in [2.24, 2.45) is 0 Å². The summed E-state index contributed by atoms with van der Waals surface area (Å²) >= 11 is 0. The van der Waals surface area contributed by atoms with E-state index in [-0.39, 0.29) is 11.7 Å². The maximum atomic E-state index is 13.3. The first-order valence-corrected chi connectivity index (χ1v) is 10.7. The summed E-state index contributed by atoms with van der Waals surface area (Å²) in [5.74, 6) is -0.0226. The summed E-state index contributed by atoms with van der Waals surface area (Å²) in [4.78, 5) is 15.3. The number of methoxy groups -OCH3 is 1. The maximum absolute atomic E-state index is 13.3. The lowest BCUT2D eigenvalue weighted by Gasteiger charge is -2.32. The van der Waals surface area contributed by atoms with E-state index in [1.54, 1.807) is 24.3 Å². The number of nitrogens with zero attached hydrogens (tertiary/aromatic N) is 3. The van der Waals surface area contributed by atoms with Gasteiger partial charge in [0, 0.05) is 31.7 Å². The van der Waals surface area contributed by atoms with E-state index in [1.807, 2.05) is 18.2 Å². The number of ether oxygens (including phenoxy) is 1. The van der Waals surface area contributed by atoms with Crippen LogP contribution in [0.3, 0.4) is 0 Å². The number of piperidine rings is 1. The van der Waals surface area contributed by atoms with Gasteiger partial charge in [0.25, 0.3) is 5.91 Å². The standard InChI is InChI=1S/C24H25F3N4O2/c1-33-20-9-7-19(8-10-20)31-21(15-22(29-31)24(25,26)27)23(32)28-18-11-13-30(14-12-18)16-17-5-3-2-4-6-17/h2-10,15,18H,11-14,16H2,1H3,(H,28,32). The van der Waals surface area contributed by atoms with Crippen LogP contribution in [-0.4, -0.2) is 46.8 Å². The van der Waals surface area contributed by atoms with Crippen LogP contribution in [0.2, 0.25) is 0 Å². The summed E-state index contributed by atoms with van der Waals surface area (Å²) in [6.07, 6.45) is -3.21. The molecule has 0 aliphatic carbocycles. The van der Waals surface area contributed by atoms with E-state index < -0.39 is 17.8 Å². The molecule has 2 aromatic carbocycles. The average Bonchev–Trinajstić information content (AvgIpc) is 3.28. The van der Waals surface area contributed by atoms with Gasteiger partial charge in [0.15, 0.2) is 5.69 Å². The Morgan fingerprint density at radius 3 is 2.36 bits per heavy atom. The third-order valence-electron chi connectivity index (χ3n) is 5.72. The van der Waals surface area contributed by atoms with Crippen LogP contribution >= 0.6 is 0 Å². The number of nitrogens with one attached hydrogen (secondary N) is 1. The summed E-state index contributed by atoms with van der Waals surface area (Å²) in [7, 11) is 1.49. The van der Waals surface area contributed by atoms with Crippen LogP contribution in [0.5, 0.6) is 5.75 Å². The van der Waals surface area contributed by atoms with Crippen molar-refractivity contribution in [3.63, 3.8) is 0 Å². The Balaban J connectivity index is 1.45. The number of likely N-dealkylation sites (tertiary alicyclic amines) is 1. The summed E-state index contributed by atoms with van der Waals surface area (Å²) in [5.41, 5.74) is 0.303. The Morgan fingerprint density at radius 2 is 1.76 bits per heavy atom. The first kappa shape index (κ1) is 22.8. The molecule has 0 atom stereocenters. The fraction of sp³-hybridized carbons (Fsp3) is 0.333. The van der Waals surface area contributed by atoms with Gasteiger partial charge in [0.05, 0.1) is 12.8 Å². The van der Waals surface area contributed by atoms with E-state index >= 15 is 0 Å². The minimum Gasteiger partial charge on any atom is -0.497 e. The highest BCUT2D eigenvalue weighted by atomic mass is 19.4. The van der Waals surface area contributed by atoms with E-state index in [4.69, 9.17) is 4.74 Å². The van der Waals surface area contributed by atoms with Crippen LogP contribution in [0.25, 0.3) is 5.69 Å². The smallest absolute Gasteiger partial charge is 0.435 e. The van der Waals surface area contributed by atoms with Gasteiger partial charge in [0.1, 0.15) is 11.4 Å². The quantitative estimate of drug-likeness (QED) is 0.599. The molecule has 0 unspecified atom stereocenters. The van der Waals surface area contributed by atoms with Crippen LogP contribution in [0.1, 0.15) is 34.6 Å². The van der Waals surface area contributed by atoms with Crippen LogP contribution in [0, 0.1) is 0 Å². The number of halogens is 3. The topological polar surface area (TPSA) is 59.4 Å². The predicted octanol–water partition coefficient (Wildman–Crippen LogP) is 4.29. The van der Waals surface area contributed by atoms with Crippen molar-refractivity contribution in [3.05, 3.63) is 77.6 Å². The fourth-order valence-electron chi connectivity index (χ4n) is 3.94. The summed E-state index contributed by atoms with van der Waals surface area (Å²) in [6, 6.07) is 17.2. The molecule has 0 saturated carbocycles. The van der Waals surface area contributed by atoms with Crippen molar-refractivity contribution in [1.29, 1.82) is 0 Å². The zero-order valence-electron chi connectivity index (χ0n) is 18.2. The van der Waals surface area contributed by atoms with Gasteiger partial charge in [-0.1, -0.05) is 30.3 Å². The lowest BCUT2D eigenvalue weighted by molar-refractivity contribution is -0.141. The van der Waals surface area contributed by atoms with Gasteiger partial charge >= 0.3 is 6.18 Å². The number of hydrogen-bond acceptors (Lipinski definition) is 4. The van der Waals surface area contributed by atoms with E-state index in [1.165, 1.54) is 12.7 Å². The van der Waals surface area contributed by atoms with Crippen molar-refractivity contribution in [3.8, 4) is 11.4 Å². The molecule has 2 heterocycles. The van der Waals surface area contributed by atoms with E-state index in [2.05, 4.69) is 27.4 Å². The number of aromatic nitrogens is 2. The third kappa shape index (κ3) is 5.54. The highest BCUT2D eigenvalue weighted by Crippen LogP contribution is 2.30. The van der Waals surface area contributed by atoms with Crippen molar-refractivity contribution >= 4 is 5.91 Å².